The summed E-state index contributed by atoms with van der Waals surface area (Å²) in [5.41, 5.74) is 5.00. The first-order valence-electron chi connectivity index (χ1n) is 3.09. The van der Waals surface area contributed by atoms with Crippen molar-refractivity contribution in [2.75, 3.05) is 0 Å². The molecule has 0 amide bonds. The number of carbonyl (C=O) groups is 2. The van der Waals surface area contributed by atoms with E-state index in [9.17, 15) is 9.59 Å². The summed E-state index contributed by atoms with van der Waals surface area (Å²) in [6, 6.07) is 0. The molecule has 0 aromatic carbocycles. The highest BCUT2D eigenvalue weighted by Gasteiger charge is 2.02. The van der Waals surface area contributed by atoms with Crippen LogP contribution in [0.3, 0.4) is 0 Å². The first-order chi connectivity index (χ1) is 5.61. The van der Waals surface area contributed by atoms with Crippen molar-refractivity contribution in [3.63, 3.8) is 0 Å². The second-order valence-electron chi connectivity index (χ2n) is 1.96. The minimum absolute atomic E-state index is 0.0744. The third-order valence-corrected chi connectivity index (χ3v) is 1.02. The molecule has 0 aliphatic heterocycles. The van der Waals surface area contributed by atoms with Crippen LogP contribution in [-0.2, 0) is 9.59 Å². The minimum Gasteiger partial charge on any atom is -0.478 e. The van der Waals surface area contributed by atoms with Gasteiger partial charge in [-0.05, 0) is 18.4 Å². The van der Waals surface area contributed by atoms with Gasteiger partial charge in [0.05, 0.1) is 5.57 Å². The van der Waals surface area contributed by atoms with Crippen LogP contribution in [0.4, 0.5) is 0 Å². The Kier molecular flexibility index (Phi) is 4.15. The molecule has 0 aromatic heterocycles. The topological polar surface area (TPSA) is 80.4 Å². The van der Waals surface area contributed by atoms with E-state index >= 15 is 0 Å². The third-order valence-electron chi connectivity index (χ3n) is 1.02. The van der Waals surface area contributed by atoms with Gasteiger partial charge in [-0.1, -0.05) is 6.58 Å². The molecule has 0 aliphatic rings. The molecule has 0 heterocycles. The summed E-state index contributed by atoms with van der Waals surface area (Å²) in [6.45, 7) is 3.30. The fourth-order valence-electron chi connectivity index (χ4n) is 0.519. The molecule has 0 spiro atoms. The van der Waals surface area contributed by atoms with Gasteiger partial charge in [-0.25, -0.2) is 4.79 Å². The molecule has 0 atom stereocenters. The van der Waals surface area contributed by atoms with Gasteiger partial charge in [-0.15, -0.1) is 0 Å². The van der Waals surface area contributed by atoms with Crippen molar-refractivity contribution in [1.82, 2.24) is 0 Å². The number of nitrogens with two attached hydrogens (primary N) is 1. The molecule has 3 N–H and O–H groups in total. The van der Waals surface area contributed by atoms with Crippen molar-refractivity contribution < 1.29 is 14.7 Å². The molecule has 12 heavy (non-hydrogen) atoms. The van der Waals surface area contributed by atoms with E-state index in [4.69, 9.17) is 10.8 Å². The van der Waals surface area contributed by atoms with Gasteiger partial charge in [-0.3, -0.25) is 4.79 Å². The fraction of sp³-hybridized carbons (Fsp3) is 0. The monoisotopic (exact) mass is 167 g/mol. The van der Waals surface area contributed by atoms with Crippen molar-refractivity contribution in [2.45, 2.75) is 0 Å². The van der Waals surface area contributed by atoms with Gasteiger partial charge < -0.3 is 10.8 Å². The van der Waals surface area contributed by atoms with Crippen molar-refractivity contribution in [3.05, 3.63) is 36.1 Å². The molecule has 0 unspecified atom stereocenters. The summed E-state index contributed by atoms with van der Waals surface area (Å²) in [4.78, 5) is 20.5. The Hall–Kier alpha value is -1.84. The average Bonchev–Trinajstić information content (AvgIpc) is 2.03. The predicted octanol–water partition coefficient (Wildman–Crippen LogP) is 0.225. The van der Waals surface area contributed by atoms with E-state index in [0.29, 0.717) is 6.29 Å². The van der Waals surface area contributed by atoms with Crippen molar-refractivity contribution in [3.8, 4) is 0 Å². The predicted molar refractivity (Wildman–Crippen MR) is 44.3 cm³/mol. The highest BCUT2D eigenvalue weighted by molar-refractivity contribution is 5.92. The average molecular weight is 167 g/mol. The summed E-state index contributed by atoms with van der Waals surface area (Å²) >= 11 is 0. The van der Waals surface area contributed by atoms with Gasteiger partial charge in [0.15, 0.2) is 0 Å². The van der Waals surface area contributed by atoms with E-state index < -0.39 is 5.97 Å². The molecule has 0 fully saturated rings. The summed E-state index contributed by atoms with van der Waals surface area (Å²) < 4.78 is 0. The van der Waals surface area contributed by atoms with E-state index in [-0.39, 0.29) is 11.1 Å². The quantitative estimate of drug-likeness (QED) is 0.356. The van der Waals surface area contributed by atoms with Crippen LogP contribution in [-0.4, -0.2) is 17.4 Å². The van der Waals surface area contributed by atoms with Gasteiger partial charge in [-0.2, -0.15) is 0 Å². The van der Waals surface area contributed by atoms with E-state index in [2.05, 4.69) is 6.58 Å². The van der Waals surface area contributed by atoms with Crippen LogP contribution < -0.4 is 5.73 Å². The maximum atomic E-state index is 10.4. The molecule has 0 saturated heterocycles. The minimum atomic E-state index is -1.15. The third kappa shape index (κ3) is 3.36. The lowest BCUT2D eigenvalue weighted by Crippen LogP contribution is -1.99. The number of rotatable bonds is 4. The van der Waals surface area contributed by atoms with Crippen molar-refractivity contribution >= 4 is 12.3 Å². The van der Waals surface area contributed by atoms with Crippen LogP contribution in [0.1, 0.15) is 0 Å². The summed E-state index contributed by atoms with van der Waals surface area (Å²) in [5.74, 6) is -1.15. The Bertz CT molecular complexity index is 263. The number of carbonyl (C=O) groups excluding carboxylic acids is 1. The molecule has 0 aromatic rings. The Morgan fingerprint density at radius 3 is 2.42 bits per heavy atom. The van der Waals surface area contributed by atoms with Gasteiger partial charge in [0.1, 0.15) is 6.29 Å². The van der Waals surface area contributed by atoms with Crippen molar-refractivity contribution in [2.24, 2.45) is 5.73 Å². The summed E-state index contributed by atoms with van der Waals surface area (Å²) in [5, 5.41) is 8.52. The zero-order chi connectivity index (χ0) is 9.56. The normalized spacial score (nSPS) is 11.5. The first kappa shape index (κ1) is 10.2. The maximum absolute atomic E-state index is 10.4. The van der Waals surface area contributed by atoms with Gasteiger partial charge in [0.2, 0.25) is 0 Å². The van der Waals surface area contributed by atoms with Crippen molar-refractivity contribution in [1.29, 1.82) is 0 Å². The Labute approximate surface area is 69.7 Å². The molecular formula is C8H9NO3. The molecule has 0 radical (unpaired) electrons. The molecule has 0 bridgehead atoms. The highest BCUT2D eigenvalue weighted by atomic mass is 16.4. The Balaban J connectivity index is 4.72. The molecule has 4 heteroatoms. The zero-order valence-corrected chi connectivity index (χ0v) is 6.36. The van der Waals surface area contributed by atoms with Gasteiger partial charge in [0.25, 0.3) is 0 Å². The molecule has 64 valence electrons. The summed E-state index contributed by atoms with van der Waals surface area (Å²) in [7, 11) is 0. The standard InChI is InChI=1S/C8H9NO3/c1-6(5-10)4-7(2-3-9)8(11)12/h2-5H,1,9H2,(H,11,12)/b3-2-,7-4+. The van der Waals surface area contributed by atoms with Gasteiger partial charge in [0, 0.05) is 5.57 Å². The maximum Gasteiger partial charge on any atom is 0.335 e. The van der Waals surface area contributed by atoms with Crippen LogP contribution in [0, 0.1) is 0 Å². The summed E-state index contributed by atoms with van der Waals surface area (Å²) in [6.07, 6.45) is 3.86. The SMILES string of the molecule is C=C(C=O)/C=C(\C=C/N)C(=O)O. The lowest BCUT2D eigenvalue weighted by Gasteiger charge is -1.92. The highest BCUT2D eigenvalue weighted by Crippen LogP contribution is 2.00. The van der Waals surface area contributed by atoms with E-state index in [0.717, 1.165) is 12.3 Å². The lowest BCUT2D eigenvalue weighted by molar-refractivity contribution is -0.132. The fourth-order valence-corrected chi connectivity index (χ4v) is 0.519. The Morgan fingerprint density at radius 1 is 1.50 bits per heavy atom. The number of carboxylic acids is 1. The second-order valence-corrected chi connectivity index (χ2v) is 1.96. The van der Waals surface area contributed by atoms with Gasteiger partial charge >= 0.3 is 5.97 Å². The Morgan fingerprint density at radius 2 is 2.08 bits per heavy atom. The van der Waals surface area contributed by atoms with E-state index in [1.807, 2.05) is 0 Å². The number of aliphatic carboxylic acids is 1. The van der Waals surface area contributed by atoms with Crippen LogP contribution in [0.25, 0.3) is 0 Å². The van der Waals surface area contributed by atoms with Crippen LogP contribution in [0.5, 0.6) is 0 Å². The molecule has 0 saturated carbocycles. The number of aldehydes is 1. The largest absolute Gasteiger partial charge is 0.478 e. The zero-order valence-electron chi connectivity index (χ0n) is 6.36. The van der Waals surface area contributed by atoms with E-state index in [1.54, 1.807) is 0 Å². The number of carboxylic acid groups (broad SMARTS) is 1. The smallest absolute Gasteiger partial charge is 0.335 e. The molecule has 0 rings (SSSR count). The molecule has 0 aliphatic carbocycles. The number of allylic oxidation sites excluding steroid dienone is 2. The van der Waals surface area contributed by atoms with E-state index in [1.165, 1.54) is 6.08 Å². The molecule has 4 nitrogen and oxygen atoms in total. The number of hydrogen-bond donors (Lipinski definition) is 2. The lowest BCUT2D eigenvalue weighted by atomic mass is 10.2. The second kappa shape index (κ2) is 4.90. The van der Waals surface area contributed by atoms with Crippen LogP contribution in [0.15, 0.2) is 36.1 Å². The number of hydrogen-bond acceptors (Lipinski definition) is 3. The molecular weight excluding hydrogens is 158 g/mol. The van der Waals surface area contributed by atoms with Crippen LogP contribution >= 0.6 is 0 Å². The first-order valence-corrected chi connectivity index (χ1v) is 3.09. The van der Waals surface area contributed by atoms with Crippen LogP contribution in [0.2, 0.25) is 0 Å².